The number of rotatable bonds is 3. The molecular formula is C30H24IrN2-2. The maximum absolute atomic E-state index is 7.41. The molecule has 0 aliphatic heterocycles. The van der Waals surface area contributed by atoms with Crippen LogP contribution in [0.4, 0.5) is 0 Å². The Morgan fingerprint density at radius 1 is 0.636 bits per heavy atom. The number of aryl methyl sites for hydroxylation is 2. The van der Waals surface area contributed by atoms with Crippen LogP contribution in [0.2, 0.25) is 0 Å². The Balaban J connectivity index is 0.000000220. The molecule has 0 saturated heterocycles. The maximum atomic E-state index is 7.41. The predicted octanol–water partition coefficient (Wildman–Crippen LogP) is 7.38. The fraction of sp³-hybridized carbons (Fsp3) is 0.0667. The van der Waals surface area contributed by atoms with E-state index in [9.17, 15) is 0 Å². The van der Waals surface area contributed by atoms with E-state index >= 15 is 0 Å². The van der Waals surface area contributed by atoms with Crippen molar-refractivity contribution in [3.8, 4) is 33.6 Å². The van der Waals surface area contributed by atoms with Crippen molar-refractivity contribution in [2.75, 3.05) is 0 Å². The second-order valence-corrected chi connectivity index (χ2v) is 6.99. The van der Waals surface area contributed by atoms with Crippen molar-refractivity contribution >= 4 is 0 Å². The van der Waals surface area contributed by atoms with Gasteiger partial charge in [0, 0.05) is 40.7 Å². The molecule has 0 spiro atoms. The van der Waals surface area contributed by atoms with Gasteiger partial charge in [0.2, 0.25) is 0 Å². The molecular weight excluding hydrogens is 581 g/mol. The molecule has 0 aliphatic carbocycles. The van der Waals surface area contributed by atoms with E-state index in [2.05, 4.69) is 22.1 Å². The van der Waals surface area contributed by atoms with Crippen LogP contribution in [0, 0.1) is 25.8 Å². The molecule has 0 atom stereocenters. The third kappa shape index (κ3) is 6.79. The SMILES string of the molecule is [2H]C([2H])([2H])c1c[c-]c(-c2ccccn2)cc1.[2H]C([2H])([2H])c1ccc(-c2cc[c-]c(-c3ccccn3)c2)cc1.[Ir]. The fourth-order valence-corrected chi connectivity index (χ4v) is 3.08. The molecule has 2 nitrogen and oxygen atoms in total. The van der Waals surface area contributed by atoms with Crippen molar-refractivity contribution in [2.24, 2.45) is 0 Å². The normalized spacial score (nSPS) is 13.3. The average Bonchev–Trinajstić information content (AvgIpc) is 2.94. The Bertz CT molecular complexity index is 1450. The third-order valence-electron chi connectivity index (χ3n) is 4.71. The zero-order valence-electron chi connectivity index (χ0n) is 23.6. The molecule has 33 heavy (non-hydrogen) atoms. The minimum absolute atomic E-state index is 0. The van der Waals surface area contributed by atoms with Crippen LogP contribution < -0.4 is 0 Å². The molecule has 0 saturated carbocycles. The number of pyridine rings is 2. The summed E-state index contributed by atoms with van der Waals surface area (Å²) in [6.07, 6.45) is 3.45. The van der Waals surface area contributed by atoms with Gasteiger partial charge in [-0.05, 0) is 35.9 Å². The Morgan fingerprint density at radius 2 is 1.30 bits per heavy atom. The first-order valence-corrected chi connectivity index (χ1v) is 10.1. The van der Waals surface area contributed by atoms with Gasteiger partial charge in [0.25, 0.3) is 0 Å². The van der Waals surface area contributed by atoms with Gasteiger partial charge in [-0.25, -0.2) is 0 Å². The van der Waals surface area contributed by atoms with E-state index in [1.165, 1.54) is 6.07 Å². The molecule has 0 bridgehead atoms. The van der Waals surface area contributed by atoms with Crippen molar-refractivity contribution in [2.45, 2.75) is 13.7 Å². The van der Waals surface area contributed by atoms with Crippen molar-refractivity contribution < 1.29 is 28.3 Å². The Labute approximate surface area is 218 Å². The summed E-state index contributed by atoms with van der Waals surface area (Å²) in [5.74, 6) is 0. The molecule has 0 N–H and O–H groups in total. The minimum Gasteiger partial charge on any atom is -0.305 e. The van der Waals surface area contributed by atoms with Gasteiger partial charge in [0.1, 0.15) is 0 Å². The molecule has 5 aromatic rings. The number of benzene rings is 3. The molecule has 5 rings (SSSR count). The molecule has 165 valence electrons. The van der Waals surface area contributed by atoms with E-state index in [1.807, 2.05) is 66.7 Å². The van der Waals surface area contributed by atoms with Crippen LogP contribution in [-0.2, 0) is 20.1 Å². The van der Waals surface area contributed by atoms with Crippen LogP contribution in [0.5, 0.6) is 0 Å². The number of hydrogen-bond acceptors (Lipinski definition) is 2. The standard InChI is InChI=1S/C18H14N.C12H10N.Ir/c1-14-8-10-15(11-9-14)16-5-4-6-17(13-16)18-7-2-3-12-19-18;1-10-5-7-11(8-6-10)12-4-2-3-9-13-12;/h2-5,7-13H,1H3;2-7,9H,1H3;/q2*-1;/i2*1D3;. The fourth-order valence-electron chi connectivity index (χ4n) is 3.08. The summed E-state index contributed by atoms with van der Waals surface area (Å²) in [6.45, 7) is -4.14. The molecule has 1 radical (unpaired) electrons. The summed E-state index contributed by atoms with van der Waals surface area (Å²) >= 11 is 0. The van der Waals surface area contributed by atoms with E-state index in [0.29, 0.717) is 11.1 Å². The molecule has 3 heteroatoms. The van der Waals surface area contributed by atoms with Gasteiger partial charge in [-0.15, -0.1) is 70.8 Å². The van der Waals surface area contributed by atoms with E-state index in [1.54, 1.807) is 36.7 Å². The second kappa shape index (κ2) is 12.0. The number of nitrogens with zero attached hydrogens (tertiary/aromatic N) is 2. The van der Waals surface area contributed by atoms with Gasteiger partial charge in [0.05, 0.1) is 0 Å². The molecule has 2 heterocycles. The number of hydrogen-bond donors (Lipinski definition) is 0. The summed E-state index contributed by atoms with van der Waals surface area (Å²) in [4.78, 5) is 8.49. The Morgan fingerprint density at radius 3 is 1.88 bits per heavy atom. The second-order valence-electron chi connectivity index (χ2n) is 6.99. The minimum atomic E-state index is -2.07. The summed E-state index contributed by atoms with van der Waals surface area (Å²) in [6, 6.07) is 35.0. The zero-order chi connectivity index (χ0) is 27.2. The maximum Gasteiger partial charge on any atom is 0.0280 e. The van der Waals surface area contributed by atoms with Gasteiger partial charge in [0.15, 0.2) is 0 Å². The smallest absolute Gasteiger partial charge is 0.0280 e. The van der Waals surface area contributed by atoms with Crippen molar-refractivity contribution in [3.63, 3.8) is 0 Å². The van der Waals surface area contributed by atoms with E-state index < -0.39 is 13.7 Å². The van der Waals surface area contributed by atoms with Crippen LogP contribution in [0.3, 0.4) is 0 Å². The largest absolute Gasteiger partial charge is 0.305 e. The average molecular weight is 611 g/mol. The monoisotopic (exact) mass is 611 g/mol. The van der Waals surface area contributed by atoms with Gasteiger partial charge >= 0.3 is 0 Å². The van der Waals surface area contributed by atoms with Crippen LogP contribution in [-0.4, -0.2) is 9.97 Å². The van der Waals surface area contributed by atoms with Crippen LogP contribution in [0.1, 0.15) is 19.4 Å². The topological polar surface area (TPSA) is 25.8 Å². The van der Waals surface area contributed by atoms with Crippen LogP contribution in [0.25, 0.3) is 33.6 Å². The Kier molecular flexibility index (Phi) is 6.24. The van der Waals surface area contributed by atoms with Gasteiger partial charge in [-0.1, -0.05) is 60.9 Å². The first kappa shape index (κ1) is 17.1. The first-order valence-electron chi connectivity index (χ1n) is 13.1. The first-order chi connectivity index (χ1) is 18.1. The van der Waals surface area contributed by atoms with Crippen LogP contribution in [0.15, 0.2) is 109 Å². The quantitative estimate of drug-likeness (QED) is 0.199. The molecule has 2 aromatic heterocycles. The zero-order valence-corrected chi connectivity index (χ0v) is 20.0. The number of aromatic nitrogens is 2. The Hall–Kier alpha value is -3.39. The van der Waals surface area contributed by atoms with Crippen LogP contribution >= 0.6 is 0 Å². The predicted molar refractivity (Wildman–Crippen MR) is 132 cm³/mol. The van der Waals surface area contributed by atoms with E-state index in [-0.39, 0.29) is 20.1 Å². The molecule has 0 aliphatic rings. The molecule has 0 fully saturated rings. The summed E-state index contributed by atoms with van der Waals surface area (Å²) in [7, 11) is 0. The van der Waals surface area contributed by atoms with Gasteiger partial charge < -0.3 is 9.97 Å². The molecule has 0 amide bonds. The molecule has 3 aromatic carbocycles. The molecule has 0 unspecified atom stereocenters. The van der Waals surface area contributed by atoms with E-state index in [4.69, 9.17) is 8.22 Å². The third-order valence-corrected chi connectivity index (χ3v) is 4.71. The van der Waals surface area contributed by atoms with Gasteiger partial charge in [-0.3, -0.25) is 0 Å². The summed E-state index contributed by atoms with van der Waals surface area (Å²) in [5, 5.41) is 0. The van der Waals surface area contributed by atoms with Crippen molar-refractivity contribution in [1.82, 2.24) is 9.97 Å². The van der Waals surface area contributed by atoms with Crippen molar-refractivity contribution in [3.05, 3.63) is 133 Å². The van der Waals surface area contributed by atoms with Gasteiger partial charge in [-0.2, -0.15) is 0 Å². The summed E-state index contributed by atoms with van der Waals surface area (Å²) in [5.41, 5.74) is 6.00. The summed E-state index contributed by atoms with van der Waals surface area (Å²) < 4.78 is 44.0. The van der Waals surface area contributed by atoms with E-state index in [0.717, 1.165) is 33.6 Å². The van der Waals surface area contributed by atoms with Crippen molar-refractivity contribution in [1.29, 1.82) is 0 Å².